The Morgan fingerprint density at radius 3 is 2.62 bits per heavy atom. The number of hydrogen-bond acceptors (Lipinski definition) is 4. The van der Waals surface area contributed by atoms with Gasteiger partial charge in [0, 0.05) is 5.02 Å². The molecule has 5 nitrogen and oxygen atoms in total. The summed E-state index contributed by atoms with van der Waals surface area (Å²) in [6.07, 6.45) is 0.223. The molecular formula is C15H17ClN2O3. The first-order valence-electron chi connectivity index (χ1n) is 6.36. The predicted octanol–water partition coefficient (Wildman–Crippen LogP) is 3.13. The summed E-state index contributed by atoms with van der Waals surface area (Å²) in [5.41, 5.74) is 0.379. The molecular weight excluding hydrogens is 292 g/mol. The van der Waals surface area contributed by atoms with E-state index < -0.39 is 18.5 Å². The largest absolute Gasteiger partial charge is 0.456 e. The van der Waals surface area contributed by atoms with Gasteiger partial charge in [-0.15, -0.1) is 0 Å². The number of nitriles is 1. The van der Waals surface area contributed by atoms with Crippen LogP contribution in [0.25, 0.3) is 0 Å². The molecule has 0 radical (unpaired) electrons. The summed E-state index contributed by atoms with van der Waals surface area (Å²) < 4.78 is 4.89. The second kappa shape index (κ2) is 7.09. The van der Waals surface area contributed by atoms with E-state index in [1.165, 1.54) is 12.1 Å². The molecule has 21 heavy (non-hydrogen) atoms. The van der Waals surface area contributed by atoms with Crippen molar-refractivity contribution in [2.45, 2.75) is 27.2 Å². The highest BCUT2D eigenvalue weighted by Crippen LogP contribution is 2.21. The molecule has 6 heteroatoms. The highest BCUT2D eigenvalue weighted by Gasteiger charge is 2.18. The zero-order chi connectivity index (χ0) is 16.0. The van der Waals surface area contributed by atoms with Gasteiger partial charge in [0.15, 0.2) is 6.61 Å². The third-order valence-electron chi connectivity index (χ3n) is 2.42. The fourth-order valence-corrected chi connectivity index (χ4v) is 1.71. The number of nitrogens with one attached hydrogen (secondary N) is 1. The number of hydrogen-bond donors (Lipinski definition) is 1. The fourth-order valence-electron chi connectivity index (χ4n) is 1.53. The van der Waals surface area contributed by atoms with Crippen molar-refractivity contribution in [3.05, 3.63) is 28.8 Å². The van der Waals surface area contributed by atoms with Gasteiger partial charge in [-0.1, -0.05) is 32.4 Å². The SMILES string of the molecule is CC(C)(C)CC(=O)OCC(=O)Nc1cc(Cl)ccc1C#N. The number of anilines is 1. The molecule has 1 N–H and O–H groups in total. The van der Waals surface area contributed by atoms with Gasteiger partial charge in [0.2, 0.25) is 0 Å². The van der Waals surface area contributed by atoms with Crippen molar-refractivity contribution in [1.29, 1.82) is 5.26 Å². The number of halogens is 1. The maximum atomic E-state index is 11.7. The van der Waals surface area contributed by atoms with Gasteiger partial charge in [0.25, 0.3) is 5.91 Å². The normalized spacial score (nSPS) is 10.6. The van der Waals surface area contributed by atoms with Crippen LogP contribution in [0.4, 0.5) is 5.69 Å². The number of carbonyl (C=O) groups excluding carboxylic acids is 2. The lowest BCUT2D eigenvalue weighted by atomic mass is 9.92. The highest BCUT2D eigenvalue weighted by atomic mass is 35.5. The van der Waals surface area contributed by atoms with Crippen LogP contribution in [0, 0.1) is 16.7 Å². The van der Waals surface area contributed by atoms with Crippen LogP contribution in [0.3, 0.4) is 0 Å². The lowest BCUT2D eigenvalue weighted by molar-refractivity contribution is -0.149. The predicted molar refractivity (Wildman–Crippen MR) is 79.8 cm³/mol. The summed E-state index contributed by atoms with van der Waals surface area (Å²) in [5.74, 6) is -0.958. The molecule has 0 aromatic heterocycles. The van der Waals surface area contributed by atoms with Crippen LogP contribution < -0.4 is 5.32 Å². The molecule has 0 atom stereocenters. The molecule has 0 bridgehead atoms. The lowest BCUT2D eigenvalue weighted by Gasteiger charge is -2.16. The van der Waals surface area contributed by atoms with E-state index in [2.05, 4.69) is 5.32 Å². The van der Waals surface area contributed by atoms with Crippen LogP contribution in [0.1, 0.15) is 32.8 Å². The van der Waals surface area contributed by atoms with Gasteiger partial charge >= 0.3 is 5.97 Å². The number of nitrogens with zero attached hydrogens (tertiary/aromatic N) is 1. The summed E-state index contributed by atoms with van der Waals surface area (Å²) in [5, 5.41) is 11.8. The van der Waals surface area contributed by atoms with E-state index in [0.717, 1.165) is 0 Å². The summed E-state index contributed by atoms with van der Waals surface area (Å²) in [4.78, 5) is 23.2. The second-order valence-corrected chi connectivity index (χ2v) is 6.18. The molecule has 1 amide bonds. The molecule has 0 saturated carbocycles. The third-order valence-corrected chi connectivity index (χ3v) is 2.65. The summed E-state index contributed by atoms with van der Waals surface area (Å²) in [6, 6.07) is 6.47. The number of benzene rings is 1. The summed E-state index contributed by atoms with van der Waals surface area (Å²) in [7, 11) is 0. The molecule has 112 valence electrons. The summed E-state index contributed by atoms with van der Waals surface area (Å²) in [6.45, 7) is 5.31. The van der Waals surface area contributed by atoms with Gasteiger partial charge in [-0.2, -0.15) is 5.26 Å². The van der Waals surface area contributed by atoms with E-state index in [1.54, 1.807) is 6.07 Å². The molecule has 1 aromatic rings. The monoisotopic (exact) mass is 308 g/mol. The molecule has 0 unspecified atom stereocenters. The number of amides is 1. The Bertz CT molecular complexity index is 586. The Morgan fingerprint density at radius 2 is 2.05 bits per heavy atom. The fraction of sp³-hybridized carbons (Fsp3) is 0.400. The van der Waals surface area contributed by atoms with Crippen LogP contribution >= 0.6 is 11.6 Å². The molecule has 0 spiro atoms. The highest BCUT2D eigenvalue weighted by molar-refractivity contribution is 6.31. The Hall–Kier alpha value is -2.06. The standard InChI is InChI=1S/C15H17ClN2O3/c1-15(2,3)7-14(20)21-9-13(19)18-12-6-11(16)5-4-10(12)8-17/h4-6H,7,9H2,1-3H3,(H,18,19). The Labute approximate surface area is 128 Å². The smallest absolute Gasteiger partial charge is 0.306 e. The molecule has 0 aliphatic heterocycles. The molecule has 0 heterocycles. The Kier molecular flexibility index (Phi) is 5.74. The minimum Gasteiger partial charge on any atom is -0.456 e. The number of esters is 1. The van der Waals surface area contributed by atoms with Gasteiger partial charge in [-0.05, 0) is 23.6 Å². The van der Waals surface area contributed by atoms with Crippen molar-refractivity contribution >= 4 is 29.2 Å². The van der Waals surface area contributed by atoms with Crippen molar-refractivity contribution in [3.8, 4) is 6.07 Å². The quantitative estimate of drug-likeness (QED) is 0.867. The molecule has 0 aliphatic rings. The zero-order valence-electron chi connectivity index (χ0n) is 12.2. The molecule has 1 rings (SSSR count). The maximum Gasteiger partial charge on any atom is 0.306 e. The van der Waals surface area contributed by atoms with E-state index in [0.29, 0.717) is 10.7 Å². The lowest BCUT2D eigenvalue weighted by Crippen LogP contribution is -2.23. The molecule has 0 aliphatic carbocycles. The topological polar surface area (TPSA) is 79.2 Å². The first kappa shape index (κ1) is 17.0. The zero-order valence-corrected chi connectivity index (χ0v) is 13.0. The van der Waals surface area contributed by atoms with Crippen molar-refractivity contribution in [2.75, 3.05) is 11.9 Å². The Balaban J connectivity index is 2.57. The number of ether oxygens (including phenoxy) is 1. The van der Waals surface area contributed by atoms with Crippen LogP contribution in [0.2, 0.25) is 5.02 Å². The van der Waals surface area contributed by atoms with Crippen LogP contribution in [0.5, 0.6) is 0 Å². The first-order valence-corrected chi connectivity index (χ1v) is 6.74. The minimum absolute atomic E-state index is 0.200. The van der Waals surface area contributed by atoms with Gasteiger partial charge in [-0.25, -0.2) is 0 Å². The van der Waals surface area contributed by atoms with E-state index in [-0.39, 0.29) is 17.4 Å². The number of rotatable bonds is 4. The average molecular weight is 309 g/mol. The van der Waals surface area contributed by atoms with Gasteiger partial charge < -0.3 is 10.1 Å². The third kappa shape index (κ3) is 6.28. The van der Waals surface area contributed by atoms with Crippen molar-refractivity contribution in [1.82, 2.24) is 0 Å². The molecule has 1 aromatic carbocycles. The van der Waals surface area contributed by atoms with E-state index in [9.17, 15) is 9.59 Å². The van der Waals surface area contributed by atoms with Crippen LogP contribution in [-0.4, -0.2) is 18.5 Å². The van der Waals surface area contributed by atoms with Gasteiger partial charge in [0.05, 0.1) is 17.7 Å². The van der Waals surface area contributed by atoms with Crippen molar-refractivity contribution < 1.29 is 14.3 Å². The average Bonchev–Trinajstić information content (AvgIpc) is 2.35. The van der Waals surface area contributed by atoms with Crippen LogP contribution in [0.15, 0.2) is 18.2 Å². The van der Waals surface area contributed by atoms with Crippen LogP contribution in [-0.2, 0) is 14.3 Å². The van der Waals surface area contributed by atoms with Gasteiger partial charge in [0.1, 0.15) is 6.07 Å². The molecule has 0 saturated heterocycles. The molecule has 0 fully saturated rings. The van der Waals surface area contributed by atoms with E-state index in [1.807, 2.05) is 26.8 Å². The second-order valence-electron chi connectivity index (χ2n) is 5.75. The van der Waals surface area contributed by atoms with Gasteiger partial charge in [-0.3, -0.25) is 9.59 Å². The summed E-state index contributed by atoms with van der Waals surface area (Å²) >= 11 is 5.81. The van der Waals surface area contributed by atoms with E-state index >= 15 is 0 Å². The van der Waals surface area contributed by atoms with Crippen molar-refractivity contribution in [3.63, 3.8) is 0 Å². The first-order chi connectivity index (χ1) is 9.71. The van der Waals surface area contributed by atoms with E-state index in [4.69, 9.17) is 21.6 Å². The Morgan fingerprint density at radius 1 is 1.38 bits per heavy atom. The maximum absolute atomic E-state index is 11.7. The van der Waals surface area contributed by atoms with Crippen molar-refractivity contribution in [2.24, 2.45) is 5.41 Å². The number of carbonyl (C=O) groups is 2. The minimum atomic E-state index is -0.518.